The number of phosphoric ester groups is 1. The standard InChI is InChI=1S/C67H133N2O6P/c1-6-8-10-12-14-16-18-20-22-24-25-26-27-28-29-30-31-32-33-34-35-36-37-38-39-40-41-42-43-45-47-49-51-53-55-57-59-61-67(71)68-65(64-75-76(72,73)74-63-62-69(3,4)5)66(70)60-58-56-54-52-50-48-46-44-23-21-19-17-15-13-11-9-7-2/h18,20,24-25,65-66,70H,6-17,19,21-23,26-64H2,1-5H3,(H-,68,71,72,73)/b20-18-,25-24-. The number of aliphatic hydroxyl groups is 1. The van der Waals surface area contributed by atoms with Crippen molar-refractivity contribution in [3.63, 3.8) is 0 Å². The molecule has 76 heavy (non-hydrogen) atoms. The molecule has 0 radical (unpaired) electrons. The van der Waals surface area contributed by atoms with Gasteiger partial charge in [0.1, 0.15) is 13.2 Å². The van der Waals surface area contributed by atoms with Crippen LogP contribution in [-0.4, -0.2) is 68.5 Å². The molecule has 2 N–H and O–H groups in total. The van der Waals surface area contributed by atoms with Gasteiger partial charge < -0.3 is 28.8 Å². The maximum absolute atomic E-state index is 13.0. The summed E-state index contributed by atoms with van der Waals surface area (Å²) in [6.07, 6.45) is 75.4. The second kappa shape index (κ2) is 58.6. The van der Waals surface area contributed by atoms with Gasteiger partial charge in [0, 0.05) is 6.42 Å². The smallest absolute Gasteiger partial charge is 0.268 e. The van der Waals surface area contributed by atoms with E-state index in [4.69, 9.17) is 9.05 Å². The van der Waals surface area contributed by atoms with Gasteiger partial charge in [0.2, 0.25) is 5.91 Å². The molecule has 3 atom stereocenters. The summed E-state index contributed by atoms with van der Waals surface area (Å²) in [7, 11) is 1.32. The lowest BCUT2D eigenvalue weighted by molar-refractivity contribution is -0.870. The Bertz CT molecular complexity index is 1290. The number of carbonyl (C=O) groups excluding carboxylic acids is 1. The zero-order valence-electron chi connectivity index (χ0n) is 51.7. The summed E-state index contributed by atoms with van der Waals surface area (Å²) in [5.74, 6) is -0.157. The average molecular weight is 1090 g/mol. The predicted molar refractivity (Wildman–Crippen MR) is 330 cm³/mol. The lowest BCUT2D eigenvalue weighted by Gasteiger charge is -2.30. The van der Waals surface area contributed by atoms with E-state index in [-0.39, 0.29) is 19.1 Å². The third-order valence-electron chi connectivity index (χ3n) is 15.7. The van der Waals surface area contributed by atoms with Crippen molar-refractivity contribution in [2.75, 3.05) is 40.9 Å². The molecular formula is C67H133N2O6P. The molecule has 0 fully saturated rings. The molecule has 0 aromatic heterocycles. The second-order valence-electron chi connectivity index (χ2n) is 24.5. The van der Waals surface area contributed by atoms with Gasteiger partial charge in [-0.15, -0.1) is 0 Å². The third kappa shape index (κ3) is 60.6. The summed E-state index contributed by atoms with van der Waals surface area (Å²) in [5.41, 5.74) is 0. The van der Waals surface area contributed by atoms with Gasteiger partial charge in [-0.2, -0.15) is 0 Å². The summed E-state index contributed by atoms with van der Waals surface area (Å²) in [5, 5.41) is 14.1. The van der Waals surface area contributed by atoms with Gasteiger partial charge in [-0.1, -0.05) is 321 Å². The highest BCUT2D eigenvalue weighted by Crippen LogP contribution is 2.38. The van der Waals surface area contributed by atoms with Crippen LogP contribution in [0.25, 0.3) is 0 Å². The summed E-state index contributed by atoms with van der Waals surface area (Å²) >= 11 is 0. The molecule has 0 aromatic rings. The van der Waals surface area contributed by atoms with Gasteiger partial charge in [0.05, 0.1) is 39.9 Å². The summed E-state index contributed by atoms with van der Waals surface area (Å²) < 4.78 is 23.5. The molecule has 9 heteroatoms. The Hall–Kier alpha value is -1.02. The highest BCUT2D eigenvalue weighted by molar-refractivity contribution is 7.45. The van der Waals surface area contributed by atoms with Gasteiger partial charge in [-0.25, -0.2) is 0 Å². The fourth-order valence-corrected chi connectivity index (χ4v) is 11.2. The van der Waals surface area contributed by atoms with E-state index in [1.54, 1.807) is 0 Å². The van der Waals surface area contributed by atoms with Gasteiger partial charge in [-0.05, 0) is 44.9 Å². The first kappa shape index (κ1) is 75.0. The minimum absolute atomic E-state index is 0.0154. The van der Waals surface area contributed by atoms with Gasteiger partial charge in [-0.3, -0.25) is 9.36 Å². The van der Waals surface area contributed by atoms with E-state index >= 15 is 0 Å². The molecule has 8 nitrogen and oxygen atoms in total. The van der Waals surface area contributed by atoms with Crippen LogP contribution < -0.4 is 10.2 Å². The Morgan fingerprint density at radius 1 is 0.461 bits per heavy atom. The number of hydrogen-bond donors (Lipinski definition) is 2. The van der Waals surface area contributed by atoms with E-state index in [9.17, 15) is 19.4 Å². The molecular weight excluding hydrogens is 960 g/mol. The molecule has 3 unspecified atom stereocenters. The number of quaternary nitrogens is 1. The molecule has 452 valence electrons. The van der Waals surface area contributed by atoms with E-state index in [1.165, 1.54) is 276 Å². The number of carbonyl (C=O) groups is 1. The number of rotatable bonds is 63. The molecule has 0 aliphatic heterocycles. The van der Waals surface area contributed by atoms with Crippen molar-refractivity contribution in [2.45, 2.75) is 360 Å². The summed E-state index contributed by atoms with van der Waals surface area (Å²) in [6.45, 7) is 4.76. The van der Waals surface area contributed by atoms with Crippen molar-refractivity contribution in [1.29, 1.82) is 0 Å². The molecule has 0 rings (SSSR count). The monoisotopic (exact) mass is 1090 g/mol. The average Bonchev–Trinajstić information content (AvgIpc) is 3.38. The normalized spacial score (nSPS) is 13.8. The van der Waals surface area contributed by atoms with Gasteiger partial charge in [0.25, 0.3) is 7.82 Å². The van der Waals surface area contributed by atoms with Crippen LogP contribution in [0.15, 0.2) is 24.3 Å². The highest BCUT2D eigenvalue weighted by Gasteiger charge is 2.24. The van der Waals surface area contributed by atoms with Crippen LogP contribution in [0.1, 0.15) is 348 Å². The number of aliphatic hydroxyl groups excluding tert-OH is 1. The maximum atomic E-state index is 13.0. The Balaban J connectivity index is 3.90. The number of amides is 1. The summed E-state index contributed by atoms with van der Waals surface area (Å²) in [4.78, 5) is 25.6. The molecule has 0 saturated carbocycles. The molecule has 0 saturated heterocycles. The fourth-order valence-electron chi connectivity index (χ4n) is 10.4. The minimum atomic E-state index is -4.57. The molecule has 0 aliphatic carbocycles. The molecule has 0 aromatic carbocycles. The van der Waals surface area contributed by atoms with Crippen molar-refractivity contribution in [3.05, 3.63) is 24.3 Å². The first-order valence-electron chi connectivity index (χ1n) is 33.7. The van der Waals surface area contributed by atoms with Gasteiger partial charge >= 0.3 is 0 Å². The fraction of sp³-hybridized carbons (Fsp3) is 0.925. The van der Waals surface area contributed by atoms with E-state index in [1.807, 2.05) is 21.1 Å². The SMILES string of the molecule is CCCCCCC/C=C\C/C=C\CCCCCCCCCCCCCCCCCCCCCCCCCCCC(=O)NC(COP(=O)([O-])OCC[N+](C)(C)C)C(O)CCCCCCCCCCCCCCCCCCC. The zero-order chi connectivity index (χ0) is 55.6. The number of likely N-dealkylation sites (N-methyl/N-ethyl adjacent to an activating group) is 1. The van der Waals surface area contributed by atoms with E-state index < -0.39 is 20.0 Å². The molecule has 0 heterocycles. The Kier molecular flexibility index (Phi) is 57.8. The first-order valence-corrected chi connectivity index (χ1v) is 35.1. The van der Waals surface area contributed by atoms with Crippen LogP contribution in [0.5, 0.6) is 0 Å². The quantitative estimate of drug-likeness (QED) is 0.0272. The van der Waals surface area contributed by atoms with E-state index in [0.29, 0.717) is 23.9 Å². The lowest BCUT2D eigenvalue weighted by Crippen LogP contribution is -2.46. The van der Waals surface area contributed by atoms with Crippen molar-refractivity contribution >= 4 is 13.7 Å². The minimum Gasteiger partial charge on any atom is -0.756 e. The number of nitrogens with one attached hydrogen (secondary N) is 1. The number of allylic oxidation sites excluding steroid dienone is 4. The predicted octanol–water partition coefficient (Wildman–Crippen LogP) is 20.5. The summed E-state index contributed by atoms with van der Waals surface area (Å²) in [6, 6.07) is -0.798. The topological polar surface area (TPSA) is 108 Å². The molecule has 1 amide bonds. The number of unbranched alkanes of at least 4 members (excludes halogenated alkanes) is 46. The third-order valence-corrected chi connectivity index (χ3v) is 16.7. The van der Waals surface area contributed by atoms with Crippen molar-refractivity contribution in [1.82, 2.24) is 5.32 Å². The van der Waals surface area contributed by atoms with E-state index in [0.717, 1.165) is 44.9 Å². The van der Waals surface area contributed by atoms with Crippen LogP contribution in [-0.2, 0) is 18.4 Å². The zero-order valence-corrected chi connectivity index (χ0v) is 52.6. The molecule has 0 bridgehead atoms. The number of nitrogens with zero attached hydrogens (tertiary/aromatic N) is 1. The maximum Gasteiger partial charge on any atom is 0.268 e. The van der Waals surface area contributed by atoms with Crippen molar-refractivity contribution in [3.8, 4) is 0 Å². The van der Waals surface area contributed by atoms with Gasteiger partial charge in [0.15, 0.2) is 0 Å². The Labute approximate surface area is 474 Å². The largest absolute Gasteiger partial charge is 0.756 e. The highest BCUT2D eigenvalue weighted by atomic mass is 31.2. The van der Waals surface area contributed by atoms with E-state index in [2.05, 4.69) is 43.5 Å². The van der Waals surface area contributed by atoms with Crippen LogP contribution in [0.3, 0.4) is 0 Å². The van der Waals surface area contributed by atoms with Crippen LogP contribution in [0, 0.1) is 0 Å². The lowest BCUT2D eigenvalue weighted by atomic mass is 10.0. The Morgan fingerprint density at radius 3 is 1.09 bits per heavy atom. The van der Waals surface area contributed by atoms with Crippen molar-refractivity contribution in [2.24, 2.45) is 0 Å². The Morgan fingerprint density at radius 2 is 0.763 bits per heavy atom. The molecule has 0 spiro atoms. The van der Waals surface area contributed by atoms with Crippen LogP contribution in [0.2, 0.25) is 0 Å². The number of hydrogen-bond acceptors (Lipinski definition) is 6. The molecule has 0 aliphatic rings. The number of phosphoric acid groups is 1. The van der Waals surface area contributed by atoms with Crippen LogP contribution in [0.4, 0.5) is 0 Å². The second-order valence-corrected chi connectivity index (χ2v) is 25.9. The van der Waals surface area contributed by atoms with Crippen molar-refractivity contribution < 1.29 is 32.9 Å². The van der Waals surface area contributed by atoms with Crippen LogP contribution >= 0.6 is 7.82 Å². The first-order chi connectivity index (χ1) is 37.0.